The summed E-state index contributed by atoms with van der Waals surface area (Å²) in [7, 11) is 0. The highest BCUT2D eigenvalue weighted by Crippen LogP contribution is 2.15. The minimum Gasteiger partial charge on any atom is -0.376 e. The summed E-state index contributed by atoms with van der Waals surface area (Å²) < 4.78 is 7.45. The van der Waals surface area contributed by atoms with Gasteiger partial charge in [0.1, 0.15) is 0 Å². The van der Waals surface area contributed by atoms with Crippen LogP contribution in [-0.2, 0) is 16.1 Å². The van der Waals surface area contributed by atoms with Crippen molar-refractivity contribution >= 4 is 11.6 Å². The lowest BCUT2D eigenvalue weighted by molar-refractivity contribution is -0.118. The Balaban J connectivity index is 1.52. The first-order chi connectivity index (χ1) is 10.3. The molecular formula is C15H24N4O2. The molecule has 3 heterocycles. The number of ether oxygens (including phenoxy) is 1. The second kappa shape index (κ2) is 7.04. The van der Waals surface area contributed by atoms with Gasteiger partial charge in [-0.15, -0.1) is 0 Å². The number of nitrogens with one attached hydrogen (secondary N) is 2. The Hall–Kier alpha value is -1.40. The fourth-order valence-electron chi connectivity index (χ4n) is 3.01. The van der Waals surface area contributed by atoms with Crippen LogP contribution in [0.25, 0.3) is 0 Å². The number of nitrogens with zero attached hydrogens (tertiary/aromatic N) is 2. The van der Waals surface area contributed by atoms with Gasteiger partial charge in [-0.05, 0) is 32.2 Å². The standard InChI is InChI=1S/C15H24N4O2/c20-15(14-6-2-1-3-7-16-14)18-12-9-17-19(10-12)11-13-5-4-8-21-13/h9-10,13-14,16H,1-8,11H2,(H,18,20). The maximum atomic E-state index is 12.2. The number of hydrogen-bond donors (Lipinski definition) is 2. The van der Waals surface area contributed by atoms with Crippen LogP contribution in [0.4, 0.5) is 5.69 Å². The number of amides is 1. The molecule has 2 atom stereocenters. The predicted octanol–water partition coefficient (Wildman–Crippen LogP) is 1.53. The highest BCUT2D eigenvalue weighted by molar-refractivity contribution is 5.94. The van der Waals surface area contributed by atoms with Gasteiger partial charge in [0.25, 0.3) is 0 Å². The zero-order valence-electron chi connectivity index (χ0n) is 12.4. The molecule has 0 spiro atoms. The largest absolute Gasteiger partial charge is 0.376 e. The highest BCUT2D eigenvalue weighted by Gasteiger charge is 2.20. The quantitative estimate of drug-likeness (QED) is 0.883. The molecule has 6 heteroatoms. The summed E-state index contributed by atoms with van der Waals surface area (Å²) >= 11 is 0. The van der Waals surface area contributed by atoms with E-state index < -0.39 is 0 Å². The van der Waals surface area contributed by atoms with Gasteiger partial charge in [-0.25, -0.2) is 0 Å². The Morgan fingerprint density at radius 1 is 1.38 bits per heavy atom. The van der Waals surface area contributed by atoms with E-state index in [1.165, 1.54) is 6.42 Å². The van der Waals surface area contributed by atoms with Crippen LogP contribution >= 0.6 is 0 Å². The molecule has 2 aliphatic rings. The SMILES string of the molecule is O=C(Nc1cnn(CC2CCCO2)c1)C1CCCCCN1. The molecule has 2 unspecified atom stereocenters. The minimum absolute atomic E-state index is 0.0496. The third kappa shape index (κ3) is 4.04. The first-order valence-electron chi connectivity index (χ1n) is 7.99. The average molecular weight is 292 g/mol. The number of rotatable bonds is 4. The maximum absolute atomic E-state index is 12.2. The molecule has 0 aromatic carbocycles. The lowest BCUT2D eigenvalue weighted by Crippen LogP contribution is -2.39. The van der Waals surface area contributed by atoms with Gasteiger partial charge < -0.3 is 15.4 Å². The van der Waals surface area contributed by atoms with Crippen molar-refractivity contribution < 1.29 is 9.53 Å². The van der Waals surface area contributed by atoms with Crippen molar-refractivity contribution in [2.75, 3.05) is 18.5 Å². The van der Waals surface area contributed by atoms with Crippen LogP contribution in [0, 0.1) is 0 Å². The van der Waals surface area contributed by atoms with Gasteiger partial charge in [0.05, 0.1) is 30.6 Å². The van der Waals surface area contributed by atoms with Crippen LogP contribution in [0.15, 0.2) is 12.4 Å². The van der Waals surface area contributed by atoms with Crippen molar-refractivity contribution in [3.8, 4) is 0 Å². The summed E-state index contributed by atoms with van der Waals surface area (Å²) in [6, 6.07) is -0.0750. The van der Waals surface area contributed by atoms with Crippen LogP contribution in [-0.4, -0.2) is 41.0 Å². The number of aromatic nitrogens is 2. The van der Waals surface area contributed by atoms with Crippen LogP contribution in [0.3, 0.4) is 0 Å². The van der Waals surface area contributed by atoms with E-state index in [0.29, 0.717) is 0 Å². The van der Waals surface area contributed by atoms with E-state index in [9.17, 15) is 4.79 Å². The lowest BCUT2D eigenvalue weighted by atomic mass is 10.1. The third-order valence-electron chi connectivity index (χ3n) is 4.19. The monoisotopic (exact) mass is 292 g/mol. The summed E-state index contributed by atoms with van der Waals surface area (Å²) in [6.45, 7) is 2.54. The molecule has 3 rings (SSSR count). The van der Waals surface area contributed by atoms with Crippen molar-refractivity contribution in [2.24, 2.45) is 0 Å². The molecule has 2 fully saturated rings. The third-order valence-corrected chi connectivity index (χ3v) is 4.19. The molecule has 116 valence electrons. The van der Waals surface area contributed by atoms with Gasteiger partial charge >= 0.3 is 0 Å². The molecule has 2 saturated heterocycles. The molecule has 1 aromatic heterocycles. The zero-order valence-corrected chi connectivity index (χ0v) is 12.4. The van der Waals surface area contributed by atoms with Crippen LogP contribution in [0.1, 0.15) is 38.5 Å². The zero-order chi connectivity index (χ0) is 14.5. The van der Waals surface area contributed by atoms with Crippen LogP contribution in [0.2, 0.25) is 0 Å². The normalized spacial score (nSPS) is 26.5. The second-order valence-corrected chi connectivity index (χ2v) is 5.93. The minimum atomic E-state index is -0.0750. The summed E-state index contributed by atoms with van der Waals surface area (Å²) in [6.07, 6.45) is 10.5. The number of anilines is 1. The van der Waals surface area contributed by atoms with Gasteiger partial charge in [-0.2, -0.15) is 5.10 Å². The topological polar surface area (TPSA) is 68.2 Å². The Labute approximate surface area is 125 Å². The van der Waals surface area contributed by atoms with Gasteiger partial charge in [0.2, 0.25) is 5.91 Å². The molecule has 0 saturated carbocycles. The Kier molecular flexibility index (Phi) is 4.87. The molecule has 2 aliphatic heterocycles. The van der Waals surface area contributed by atoms with E-state index in [2.05, 4.69) is 15.7 Å². The van der Waals surface area contributed by atoms with E-state index in [4.69, 9.17) is 4.74 Å². The molecule has 21 heavy (non-hydrogen) atoms. The van der Waals surface area contributed by atoms with Gasteiger partial charge in [-0.1, -0.05) is 12.8 Å². The van der Waals surface area contributed by atoms with Crippen molar-refractivity contribution in [1.82, 2.24) is 15.1 Å². The number of hydrogen-bond acceptors (Lipinski definition) is 4. The van der Waals surface area contributed by atoms with Crippen molar-refractivity contribution in [3.05, 3.63) is 12.4 Å². The van der Waals surface area contributed by atoms with Crippen LogP contribution in [0.5, 0.6) is 0 Å². The van der Waals surface area contributed by atoms with Gasteiger partial charge in [0, 0.05) is 12.8 Å². The lowest BCUT2D eigenvalue weighted by Gasteiger charge is -2.14. The summed E-state index contributed by atoms with van der Waals surface area (Å²) in [4.78, 5) is 12.2. The Morgan fingerprint density at radius 3 is 3.19 bits per heavy atom. The predicted molar refractivity (Wildman–Crippen MR) is 80.1 cm³/mol. The van der Waals surface area contributed by atoms with E-state index >= 15 is 0 Å². The Bertz CT molecular complexity index is 460. The Morgan fingerprint density at radius 2 is 2.33 bits per heavy atom. The van der Waals surface area contributed by atoms with E-state index in [1.54, 1.807) is 6.20 Å². The molecule has 0 bridgehead atoms. The molecular weight excluding hydrogens is 268 g/mol. The second-order valence-electron chi connectivity index (χ2n) is 5.93. The van der Waals surface area contributed by atoms with Gasteiger partial charge in [0.15, 0.2) is 0 Å². The molecule has 1 aromatic rings. The number of carbonyl (C=O) groups excluding carboxylic acids is 1. The van der Waals surface area contributed by atoms with Crippen molar-refractivity contribution in [3.63, 3.8) is 0 Å². The van der Waals surface area contributed by atoms with Gasteiger partial charge in [-0.3, -0.25) is 9.48 Å². The molecule has 0 aliphatic carbocycles. The van der Waals surface area contributed by atoms with E-state index in [0.717, 1.165) is 57.5 Å². The van der Waals surface area contributed by atoms with E-state index in [1.807, 2.05) is 10.9 Å². The van der Waals surface area contributed by atoms with Crippen molar-refractivity contribution in [2.45, 2.75) is 57.2 Å². The van der Waals surface area contributed by atoms with Crippen LogP contribution < -0.4 is 10.6 Å². The first kappa shape index (κ1) is 14.5. The molecule has 1 amide bonds. The molecule has 0 radical (unpaired) electrons. The summed E-state index contributed by atoms with van der Waals surface area (Å²) in [5, 5.41) is 10.6. The van der Waals surface area contributed by atoms with Crippen molar-refractivity contribution in [1.29, 1.82) is 0 Å². The smallest absolute Gasteiger partial charge is 0.241 e. The van der Waals surface area contributed by atoms with E-state index in [-0.39, 0.29) is 18.1 Å². The fourth-order valence-corrected chi connectivity index (χ4v) is 3.01. The fraction of sp³-hybridized carbons (Fsp3) is 0.733. The maximum Gasteiger partial charge on any atom is 0.241 e. The highest BCUT2D eigenvalue weighted by atomic mass is 16.5. The first-order valence-corrected chi connectivity index (χ1v) is 7.99. The molecule has 2 N–H and O–H groups in total. The molecule has 6 nitrogen and oxygen atoms in total. The average Bonchev–Trinajstić information content (AvgIpc) is 3.05. The number of carbonyl (C=O) groups is 1. The summed E-state index contributed by atoms with van der Waals surface area (Å²) in [5.41, 5.74) is 0.768. The summed E-state index contributed by atoms with van der Waals surface area (Å²) in [5.74, 6) is 0.0496.